The maximum atomic E-state index is 12.4. The van der Waals surface area contributed by atoms with Crippen LogP contribution in [0.3, 0.4) is 0 Å². The number of benzene rings is 1. The van der Waals surface area contributed by atoms with Crippen LogP contribution in [0, 0.1) is 6.92 Å². The first-order chi connectivity index (χ1) is 10.6. The van der Waals surface area contributed by atoms with Crippen molar-refractivity contribution in [1.29, 1.82) is 0 Å². The zero-order valence-electron chi connectivity index (χ0n) is 13.4. The predicted octanol–water partition coefficient (Wildman–Crippen LogP) is 2.27. The highest BCUT2D eigenvalue weighted by Gasteiger charge is 2.22. The third-order valence-corrected chi connectivity index (χ3v) is 3.45. The van der Waals surface area contributed by atoms with E-state index in [9.17, 15) is 4.79 Å². The quantitative estimate of drug-likeness (QED) is 0.848. The lowest BCUT2D eigenvalue weighted by Gasteiger charge is -2.31. The molecule has 1 aromatic rings. The van der Waals surface area contributed by atoms with Crippen LogP contribution < -0.4 is 10.1 Å². The van der Waals surface area contributed by atoms with Gasteiger partial charge in [0.1, 0.15) is 12.4 Å². The maximum Gasteiger partial charge on any atom is 0.322 e. The van der Waals surface area contributed by atoms with E-state index < -0.39 is 0 Å². The van der Waals surface area contributed by atoms with E-state index in [0.717, 1.165) is 5.56 Å². The van der Waals surface area contributed by atoms with Crippen LogP contribution >= 0.6 is 0 Å². The van der Waals surface area contributed by atoms with Crippen molar-refractivity contribution >= 4 is 11.7 Å². The summed E-state index contributed by atoms with van der Waals surface area (Å²) in [5, 5.41) is 2.92. The van der Waals surface area contributed by atoms with E-state index in [2.05, 4.69) is 5.32 Å². The molecule has 1 saturated heterocycles. The van der Waals surface area contributed by atoms with Crippen LogP contribution in [0.2, 0.25) is 0 Å². The smallest absolute Gasteiger partial charge is 0.322 e. The molecular formula is C16H24N2O4. The Kier molecular flexibility index (Phi) is 6.03. The molecule has 2 rings (SSSR count). The molecule has 0 aliphatic carbocycles. The fraction of sp³-hybridized carbons (Fsp3) is 0.562. The zero-order valence-corrected chi connectivity index (χ0v) is 13.4. The van der Waals surface area contributed by atoms with Gasteiger partial charge in [-0.1, -0.05) is 6.07 Å². The number of carbonyl (C=O) groups is 1. The molecule has 1 atom stereocenters. The summed E-state index contributed by atoms with van der Waals surface area (Å²) in [5.41, 5.74) is 1.75. The van der Waals surface area contributed by atoms with Gasteiger partial charge in [0.05, 0.1) is 25.0 Å². The van der Waals surface area contributed by atoms with Crippen LogP contribution in [-0.2, 0) is 9.47 Å². The summed E-state index contributed by atoms with van der Waals surface area (Å²) in [5.74, 6) is 0.659. The molecule has 0 radical (unpaired) electrons. The lowest BCUT2D eigenvalue weighted by Crippen LogP contribution is -2.46. The van der Waals surface area contributed by atoms with Crippen molar-refractivity contribution < 1.29 is 19.0 Å². The van der Waals surface area contributed by atoms with Gasteiger partial charge in [0, 0.05) is 20.2 Å². The van der Waals surface area contributed by atoms with Crippen LogP contribution in [0.15, 0.2) is 18.2 Å². The van der Waals surface area contributed by atoms with E-state index in [0.29, 0.717) is 44.3 Å². The van der Waals surface area contributed by atoms with Crippen molar-refractivity contribution in [1.82, 2.24) is 4.90 Å². The number of morpholine rings is 1. The molecule has 0 bridgehead atoms. The second-order valence-electron chi connectivity index (χ2n) is 5.40. The standard InChI is InChI=1S/C16H24N2O4/c1-12-4-5-14(15(10-12)22-9-8-20-3)17-16(19)18-6-7-21-13(2)11-18/h4-5,10,13H,6-9,11H2,1-3H3,(H,17,19). The average Bonchev–Trinajstić information content (AvgIpc) is 2.50. The van der Waals surface area contributed by atoms with Crippen LogP contribution in [0.4, 0.5) is 10.5 Å². The highest BCUT2D eigenvalue weighted by molar-refractivity contribution is 5.91. The van der Waals surface area contributed by atoms with Gasteiger partial charge in [-0.15, -0.1) is 0 Å². The molecule has 0 saturated carbocycles. The number of ether oxygens (including phenoxy) is 3. The summed E-state index contributed by atoms with van der Waals surface area (Å²) in [6.07, 6.45) is 0.0648. The molecule has 6 heteroatoms. The first-order valence-corrected chi connectivity index (χ1v) is 7.50. The largest absolute Gasteiger partial charge is 0.489 e. The number of urea groups is 1. The van der Waals surface area contributed by atoms with Crippen molar-refractivity contribution in [3.63, 3.8) is 0 Å². The van der Waals surface area contributed by atoms with Crippen LogP contribution in [0.1, 0.15) is 12.5 Å². The molecule has 1 aliphatic rings. The molecule has 1 fully saturated rings. The highest BCUT2D eigenvalue weighted by atomic mass is 16.5. The summed E-state index contributed by atoms with van der Waals surface area (Å²) in [6.45, 7) is 6.65. The summed E-state index contributed by atoms with van der Waals surface area (Å²) in [4.78, 5) is 14.1. The summed E-state index contributed by atoms with van der Waals surface area (Å²) in [6, 6.07) is 5.59. The molecule has 0 aromatic heterocycles. The Hall–Kier alpha value is -1.79. The Morgan fingerprint density at radius 1 is 1.45 bits per heavy atom. The minimum Gasteiger partial charge on any atom is -0.489 e. The first kappa shape index (κ1) is 16.6. The molecule has 6 nitrogen and oxygen atoms in total. The fourth-order valence-electron chi connectivity index (χ4n) is 2.28. The molecule has 1 heterocycles. The van der Waals surface area contributed by atoms with Gasteiger partial charge in [0.2, 0.25) is 0 Å². The van der Waals surface area contributed by atoms with E-state index in [4.69, 9.17) is 14.2 Å². The van der Waals surface area contributed by atoms with Crippen molar-refractivity contribution in [2.75, 3.05) is 45.3 Å². The van der Waals surface area contributed by atoms with Crippen molar-refractivity contribution in [2.45, 2.75) is 20.0 Å². The Labute approximate surface area is 131 Å². The monoisotopic (exact) mass is 308 g/mol. The number of methoxy groups -OCH3 is 1. The number of amides is 2. The summed E-state index contributed by atoms with van der Waals surface area (Å²) in [7, 11) is 1.63. The molecule has 1 aliphatic heterocycles. The number of carbonyl (C=O) groups excluding carboxylic acids is 1. The lowest BCUT2D eigenvalue weighted by molar-refractivity contribution is -0.00139. The molecule has 1 unspecified atom stereocenters. The third-order valence-electron chi connectivity index (χ3n) is 3.45. The van der Waals surface area contributed by atoms with Gasteiger partial charge in [-0.2, -0.15) is 0 Å². The first-order valence-electron chi connectivity index (χ1n) is 7.50. The topological polar surface area (TPSA) is 60.0 Å². The van der Waals surface area contributed by atoms with E-state index >= 15 is 0 Å². The predicted molar refractivity (Wildman–Crippen MR) is 84.6 cm³/mol. The van der Waals surface area contributed by atoms with E-state index in [1.807, 2.05) is 32.0 Å². The van der Waals surface area contributed by atoms with E-state index in [1.54, 1.807) is 12.0 Å². The Morgan fingerprint density at radius 3 is 3.00 bits per heavy atom. The van der Waals surface area contributed by atoms with Gasteiger partial charge in [-0.05, 0) is 31.5 Å². The normalized spacial score (nSPS) is 18.1. The van der Waals surface area contributed by atoms with Gasteiger partial charge in [-0.25, -0.2) is 4.79 Å². The lowest BCUT2D eigenvalue weighted by atomic mass is 10.2. The number of rotatable bonds is 5. The minimum atomic E-state index is -0.129. The van der Waals surface area contributed by atoms with Gasteiger partial charge in [0.25, 0.3) is 0 Å². The number of nitrogens with one attached hydrogen (secondary N) is 1. The van der Waals surface area contributed by atoms with Crippen LogP contribution in [0.25, 0.3) is 0 Å². The molecule has 1 aromatic carbocycles. The van der Waals surface area contributed by atoms with Crippen molar-refractivity contribution in [3.8, 4) is 5.75 Å². The van der Waals surface area contributed by atoms with Crippen LogP contribution in [0.5, 0.6) is 5.75 Å². The number of anilines is 1. The maximum absolute atomic E-state index is 12.4. The molecule has 122 valence electrons. The van der Waals surface area contributed by atoms with E-state index in [-0.39, 0.29) is 12.1 Å². The van der Waals surface area contributed by atoms with Gasteiger partial charge in [-0.3, -0.25) is 0 Å². The van der Waals surface area contributed by atoms with Crippen molar-refractivity contribution in [2.24, 2.45) is 0 Å². The summed E-state index contributed by atoms with van der Waals surface area (Å²) < 4.78 is 16.1. The molecule has 2 amide bonds. The van der Waals surface area contributed by atoms with Crippen molar-refractivity contribution in [3.05, 3.63) is 23.8 Å². The number of nitrogens with zero attached hydrogens (tertiary/aromatic N) is 1. The third kappa shape index (κ3) is 4.61. The Balaban J connectivity index is 2.02. The van der Waals surface area contributed by atoms with Gasteiger partial charge in [0.15, 0.2) is 0 Å². The molecule has 1 N–H and O–H groups in total. The molecule has 22 heavy (non-hydrogen) atoms. The van der Waals surface area contributed by atoms with Gasteiger partial charge >= 0.3 is 6.03 Å². The summed E-state index contributed by atoms with van der Waals surface area (Å²) >= 11 is 0. The van der Waals surface area contributed by atoms with Crippen LogP contribution in [-0.4, -0.2) is 57.1 Å². The second kappa shape index (κ2) is 8.00. The highest BCUT2D eigenvalue weighted by Crippen LogP contribution is 2.26. The van der Waals surface area contributed by atoms with E-state index in [1.165, 1.54) is 0 Å². The number of hydrogen-bond donors (Lipinski definition) is 1. The fourth-order valence-corrected chi connectivity index (χ4v) is 2.28. The number of hydrogen-bond acceptors (Lipinski definition) is 4. The minimum absolute atomic E-state index is 0.0648. The average molecular weight is 308 g/mol. The molecular weight excluding hydrogens is 284 g/mol. The zero-order chi connectivity index (χ0) is 15.9. The second-order valence-corrected chi connectivity index (χ2v) is 5.40. The number of aryl methyl sites for hydroxylation is 1. The Morgan fingerprint density at radius 2 is 2.27 bits per heavy atom. The molecule has 0 spiro atoms. The SMILES string of the molecule is COCCOc1cc(C)ccc1NC(=O)N1CCOC(C)C1. The Bertz CT molecular complexity index is 507. The van der Waals surface area contributed by atoms with Gasteiger partial charge < -0.3 is 24.4 Å².